The van der Waals surface area contributed by atoms with Gasteiger partial charge in [0.05, 0.1) is 10.7 Å². The van der Waals surface area contributed by atoms with Gasteiger partial charge in [-0.3, -0.25) is 4.79 Å². The Morgan fingerprint density at radius 1 is 1.41 bits per heavy atom. The van der Waals surface area contributed by atoms with Crippen LogP contribution in [0.3, 0.4) is 0 Å². The van der Waals surface area contributed by atoms with Gasteiger partial charge < -0.3 is 10.1 Å². The third kappa shape index (κ3) is 5.09. The minimum absolute atomic E-state index is 0.111. The van der Waals surface area contributed by atoms with Gasteiger partial charge in [-0.1, -0.05) is 17.7 Å². The van der Waals surface area contributed by atoms with Gasteiger partial charge in [-0.2, -0.15) is 0 Å². The summed E-state index contributed by atoms with van der Waals surface area (Å²) in [6.07, 6.45) is 0. The fourth-order valence-electron chi connectivity index (χ4n) is 1.31. The minimum atomic E-state index is -0.462. The lowest BCUT2D eigenvalue weighted by Crippen LogP contribution is -2.28. The van der Waals surface area contributed by atoms with E-state index >= 15 is 0 Å². The molecule has 0 atom stereocenters. The highest BCUT2D eigenvalue weighted by Crippen LogP contribution is 2.22. The first kappa shape index (κ1) is 13.8. The van der Waals surface area contributed by atoms with E-state index in [4.69, 9.17) is 16.3 Å². The lowest BCUT2D eigenvalue weighted by Gasteiger charge is -2.19. The summed E-state index contributed by atoms with van der Waals surface area (Å²) in [7, 11) is 0. The second-order valence-corrected chi connectivity index (χ2v) is 5.33. The van der Waals surface area contributed by atoms with Crippen LogP contribution in [0.15, 0.2) is 18.2 Å². The lowest BCUT2D eigenvalue weighted by atomic mass is 10.2. The Morgan fingerprint density at radius 3 is 2.59 bits per heavy atom. The number of benzene rings is 1. The van der Waals surface area contributed by atoms with Crippen LogP contribution in [0.4, 0.5) is 5.69 Å². The Hall–Kier alpha value is -1.22. The topological polar surface area (TPSA) is 38.3 Å². The Kier molecular flexibility index (Phi) is 4.40. The van der Waals surface area contributed by atoms with Crippen LogP contribution in [0.5, 0.6) is 0 Å². The summed E-state index contributed by atoms with van der Waals surface area (Å²) in [6.45, 7) is 7.58. The Labute approximate surface area is 107 Å². The molecule has 3 nitrogen and oxygen atoms in total. The Morgan fingerprint density at radius 2 is 2.06 bits per heavy atom. The summed E-state index contributed by atoms with van der Waals surface area (Å²) < 4.78 is 5.18. The lowest BCUT2D eigenvalue weighted by molar-refractivity contribution is -0.152. The molecule has 0 fully saturated rings. The first-order valence-corrected chi connectivity index (χ1v) is 5.87. The molecule has 0 radical (unpaired) electrons. The van der Waals surface area contributed by atoms with E-state index in [9.17, 15) is 4.79 Å². The monoisotopic (exact) mass is 255 g/mol. The second-order valence-electron chi connectivity index (χ2n) is 4.92. The summed E-state index contributed by atoms with van der Waals surface area (Å²) >= 11 is 6.03. The van der Waals surface area contributed by atoms with Crippen molar-refractivity contribution in [1.82, 2.24) is 0 Å². The van der Waals surface area contributed by atoms with Gasteiger partial charge in [0.25, 0.3) is 0 Å². The van der Waals surface area contributed by atoms with Crippen molar-refractivity contribution in [3.63, 3.8) is 0 Å². The van der Waals surface area contributed by atoms with Crippen molar-refractivity contribution in [3.05, 3.63) is 28.8 Å². The molecule has 0 saturated carbocycles. The summed E-state index contributed by atoms with van der Waals surface area (Å²) in [6, 6.07) is 5.63. The minimum Gasteiger partial charge on any atom is -0.459 e. The highest BCUT2D eigenvalue weighted by atomic mass is 35.5. The molecular formula is C13H18ClNO2. The molecule has 1 aromatic carbocycles. The van der Waals surface area contributed by atoms with Gasteiger partial charge in [0.15, 0.2) is 0 Å². The number of aryl methyl sites for hydroxylation is 1. The predicted molar refractivity (Wildman–Crippen MR) is 70.5 cm³/mol. The molecule has 17 heavy (non-hydrogen) atoms. The van der Waals surface area contributed by atoms with Crippen LogP contribution in [0.2, 0.25) is 5.02 Å². The van der Waals surface area contributed by atoms with Crippen LogP contribution in [-0.2, 0) is 9.53 Å². The molecular weight excluding hydrogens is 238 g/mol. The van der Waals surface area contributed by atoms with Crippen molar-refractivity contribution in [2.75, 3.05) is 11.9 Å². The molecule has 0 aliphatic carbocycles. The zero-order valence-corrected chi connectivity index (χ0v) is 11.4. The number of hydrogen-bond acceptors (Lipinski definition) is 3. The quantitative estimate of drug-likeness (QED) is 0.842. The van der Waals surface area contributed by atoms with Crippen molar-refractivity contribution >= 4 is 23.3 Å². The predicted octanol–water partition coefficient (Wildman–Crippen LogP) is 3.40. The molecule has 0 aliphatic rings. The Balaban J connectivity index is 2.53. The number of carbonyl (C=O) groups is 1. The number of hydrogen-bond donors (Lipinski definition) is 1. The molecule has 0 amide bonds. The van der Waals surface area contributed by atoms with Crippen LogP contribution >= 0.6 is 11.6 Å². The van der Waals surface area contributed by atoms with E-state index in [1.165, 1.54) is 0 Å². The first-order chi connectivity index (χ1) is 7.78. The van der Waals surface area contributed by atoms with Crippen LogP contribution in [0.25, 0.3) is 0 Å². The molecule has 0 unspecified atom stereocenters. The van der Waals surface area contributed by atoms with Crippen molar-refractivity contribution in [1.29, 1.82) is 0 Å². The van der Waals surface area contributed by atoms with E-state index in [1.54, 1.807) is 0 Å². The van der Waals surface area contributed by atoms with Gasteiger partial charge in [-0.25, -0.2) is 0 Å². The van der Waals surface area contributed by atoms with E-state index in [-0.39, 0.29) is 12.5 Å². The summed E-state index contributed by atoms with van der Waals surface area (Å²) in [5, 5.41) is 3.56. The highest BCUT2D eigenvalue weighted by Gasteiger charge is 2.15. The summed E-state index contributed by atoms with van der Waals surface area (Å²) in [5.41, 5.74) is 1.36. The van der Waals surface area contributed by atoms with Crippen LogP contribution in [-0.4, -0.2) is 18.1 Å². The molecule has 0 aromatic heterocycles. The summed E-state index contributed by atoms with van der Waals surface area (Å²) in [5.74, 6) is -0.297. The van der Waals surface area contributed by atoms with E-state index < -0.39 is 5.60 Å². The molecule has 0 saturated heterocycles. The second kappa shape index (κ2) is 5.41. The molecule has 0 bridgehead atoms. The fraction of sp³-hybridized carbons (Fsp3) is 0.462. The SMILES string of the molecule is Cc1ccc(NCC(=O)OC(C)(C)C)c(Cl)c1. The van der Waals surface area contributed by atoms with Crippen molar-refractivity contribution in [2.45, 2.75) is 33.3 Å². The third-order valence-corrected chi connectivity index (χ3v) is 2.28. The Bertz CT molecular complexity index is 410. The smallest absolute Gasteiger partial charge is 0.325 e. The zero-order valence-electron chi connectivity index (χ0n) is 10.6. The van der Waals surface area contributed by atoms with Crippen LogP contribution in [0.1, 0.15) is 26.3 Å². The fourth-order valence-corrected chi connectivity index (χ4v) is 1.61. The average molecular weight is 256 g/mol. The van der Waals surface area contributed by atoms with Crippen molar-refractivity contribution in [3.8, 4) is 0 Å². The van der Waals surface area contributed by atoms with Crippen molar-refractivity contribution in [2.24, 2.45) is 0 Å². The molecule has 94 valence electrons. The number of rotatable bonds is 3. The normalized spacial score (nSPS) is 11.1. The zero-order chi connectivity index (χ0) is 13.1. The van der Waals surface area contributed by atoms with E-state index in [0.29, 0.717) is 5.02 Å². The van der Waals surface area contributed by atoms with E-state index in [0.717, 1.165) is 11.3 Å². The molecule has 1 N–H and O–H groups in total. The van der Waals surface area contributed by atoms with Gasteiger partial charge in [-0.05, 0) is 45.4 Å². The van der Waals surface area contributed by atoms with Crippen LogP contribution < -0.4 is 5.32 Å². The maximum absolute atomic E-state index is 11.5. The van der Waals surface area contributed by atoms with Crippen molar-refractivity contribution < 1.29 is 9.53 Å². The summed E-state index contributed by atoms with van der Waals surface area (Å²) in [4.78, 5) is 11.5. The highest BCUT2D eigenvalue weighted by molar-refractivity contribution is 6.33. The van der Waals surface area contributed by atoms with Gasteiger partial charge in [0, 0.05) is 0 Å². The van der Waals surface area contributed by atoms with Gasteiger partial charge in [-0.15, -0.1) is 0 Å². The number of anilines is 1. The number of ether oxygens (including phenoxy) is 1. The van der Waals surface area contributed by atoms with Gasteiger partial charge in [0.2, 0.25) is 0 Å². The molecule has 0 aliphatic heterocycles. The van der Waals surface area contributed by atoms with Gasteiger partial charge in [0.1, 0.15) is 12.1 Å². The number of carbonyl (C=O) groups excluding carboxylic acids is 1. The number of nitrogens with one attached hydrogen (secondary N) is 1. The largest absolute Gasteiger partial charge is 0.459 e. The molecule has 1 aromatic rings. The van der Waals surface area contributed by atoms with Crippen LogP contribution in [0, 0.1) is 6.92 Å². The van der Waals surface area contributed by atoms with Gasteiger partial charge >= 0.3 is 5.97 Å². The maximum Gasteiger partial charge on any atom is 0.325 e. The van der Waals surface area contributed by atoms with E-state index in [2.05, 4.69) is 5.32 Å². The maximum atomic E-state index is 11.5. The standard InChI is InChI=1S/C13H18ClNO2/c1-9-5-6-11(10(14)7-9)15-8-12(16)17-13(2,3)4/h5-7,15H,8H2,1-4H3. The third-order valence-electron chi connectivity index (χ3n) is 1.97. The number of esters is 1. The van der Waals surface area contributed by atoms with E-state index in [1.807, 2.05) is 45.9 Å². The molecule has 0 spiro atoms. The first-order valence-electron chi connectivity index (χ1n) is 5.50. The molecule has 1 rings (SSSR count). The number of halogens is 1. The molecule has 0 heterocycles. The average Bonchev–Trinajstić information content (AvgIpc) is 2.13. The molecule has 4 heteroatoms.